The molecule has 7 heteroatoms. The Kier molecular flexibility index (Phi) is 3.20. The molecular weight excluding hydrogens is 230 g/mol. The Morgan fingerprint density at radius 3 is 2.76 bits per heavy atom. The van der Waals surface area contributed by atoms with Gasteiger partial charge in [-0.15, -0.1) is 0 Å². The van der Waals surface area contributed by atoms with Gasteiger partial charge in [0.1, 0.15) is 17.7 Å². The average Bonchev–Trinajstić information content (AvgIpc) is 2.73. The zero-order valence-electron chi connectivity index (χ0n) is 8.68. The highest BCUT2D eigenvalue weighted by Gasteiger charge is 2.22. The molecule has 1 heterocycles. The van der Waals surface area contributed by atoms with Gasteiger partial charge in [-0.3, -0.25) is 0 Å². The van der Waals surface area contributed by atoms with Crippen molar-refractivity contribution in [2.45, 2.75) is 12.5 Å². The number of oxime groups is 1. The molecule has 0 unspecified atom stereocenters. The molecule has 0 N–H and O–H groups in total. The van der Waals surface area contributed by atoms with Gasteiger partial charge >= 0.3 is 0 Å². The molecule has 1 aliphatic heterocycles. The summed E-state index contributed by atoms with van der Waals surface area (Å²) < 4.78 is 26.0. The first kappa shape index (κ1) is 11.3. The van der Waals surface area contributed by atoms with Crippen molar-refractivity contribution in [3.8, 4) is 0 Å². The van der Waals surface area contributed by atoms with Crippen LogP contribution in [0.2, 0.25) is 0 Å². The molecule has 0 aliphatic carbocycles. The molecule has 0 saturated heterocycles. The molecule has 1 aromatic rings. The summed E-state index contributed by atoms with van der Waals surface area (Å²) in [5.41, 5.74) is 8.93. The average molecular weight is 238 g/mol. The van der Waals surface area contributed by atoms with Crippen molar-refractivity contribution in [1.29, 1.82) is 0 Å². The van der Waals surface area contributed by atoms with Crippen LogP contribution in [0.1, 0.15) is 12.0 Å². The van der Waals surface area contributed by atoms with E-state index in [1.54, 1.807) is 0 Å². The SMILES string of the molecule is [N-]=[N+]=NC[C@H]1CC(c2cc(F)cc(F)c2)=NO1. The number of hydrogen-bond acceptors (Lipinski definition) is 3. The van der Waals surface area contributed by atoms with E-state index in [0.29, 0.717) is 17.7 Å². The highest BCUT2D eigenvalue weighted by atomic mass is 19.1. The summed E-state index contributed by atoms with van der Waals surface area (Å²) in [6.45, 7) is 0.140. The molecule has 0 fully saturated rings. The molecule has 2 rings (SSSR count). The monoisotopic (exact) mass is 238 g/mol. The van der Waals surface area contributed by atoms with Gasteiger partial charge in [0.25, 0.3) is 0 Å². The molecule has 17 heavy (non-hydrogen) atoms. The number of hydrogen-bond donors (Lipinski definition) is 0. The lowest BCUT2D eigenvalue weighted by molar-refractivity contribution is 0.0919. The van der Waals surface area contributed by atoms with E-state index in [4.69, 9.17) is 10.4 Å². The predicted molar refractivity (Wildman–Crippen MR) is 56.4 cm³/mol. The molecule has 0 amide bonds. The van der Waals surface area contributed by atoms with Crippen LogP contribution in [0.25, 0.3) is 10.4 Å². The maximum atomic E-state index is 13.0. The van der Waals surface area contributed by atoms with Crippen molar-refractivity contribution < 1.29 is 13.6 Å². The predicted octanol–water partition coefficient (Wildman–Crippen LogP) is 2.77. The zero-order chi connectivity index (χ0) is 12.3. The van der Waals surface area contributed by atoms with E-state index in [-0.39, 0.29) is 12.6 Å². The maximum Gasteiger partial charge on any atom is 0.138 e. The highest BCUT2D eigenvalue weighted by molar-refractivity contribution is 6.01. The smallest absolute Gasteiger partial charge is 0.138 e. The van der Waals surface area contributed by atoms with Crippen LogP contribution < -0.4 is 0 Å². The van der Waals surface area contributed by atoms with Crippen molar-refractivity contribution in [1.82, 2.24) is 0 Å². The van der Waals surface area contributed by atoms with Crippen molar-refractivity contribution in [2.24, 2.45) is 10.3 Å². The molecule has 0 spiro atoms. The Bertz CT molecular complexity index is 491. The van der Waals surface area contributed by atoms with Crippen LogP contribution in [0.4, 0.5) is 8.78 Å². The van der Waals surface area contributed by atoms with Gasteiger partial charge in [0, 0.05) is 23.0 Å². The van der Waals surface area contributed by atoms with Crippen LogP contribution in [-0.4, -0.2) is 18.4 Å². The molecular formula is C10H8F2N4O. The van der Waals surface area contributed by atoms with Crippen molar-refractivity contribution >= 4 is 5.71 Å². The summed E-state index contributed by atoms with van der Waals surface area (Å²) in [6, 6.07) is 3.15. The van der Waals surface area contributed by atoms with E-state index in [1.165, 1.54) is 12.1 Å². The molecule has 88 valence electrons. The summed E-state index contributed by atoms with van der Waals surface area (Å²) in [4.78, 5) is 7.58. The van der Waals surface area contributed by atoms with Gasteiger partial charge in [-0.05, 0) is 17.7 Å². The van der Waals surface area contributed by atoms with E-state index in [1.807, 2.05) is 0 Å². The lowest BCUT2D eigenvalue weighted by Gasteiger charge is -2.02. The Labute approximate surface area is 95.3 Å². The number of benzene rings is 1. The topological polar surface area (TPSA) is 70.4 Å². The van der Waals surface area contributed by atoms with Crippen LogP contribution in [0, 0.1) is 11.6 Å². The fourth-order valence-corrected chi connectivity index (χ4v) is 1.54. The largest absolute Gasteiger partial charge is 0.392 e. The standard InChI is InChI=1S/C10H8F2N4O/c11-7-1-6(2-8(12)3-7)10-4-9(17-15-10)5-14-16-13/h1-3,9H,4-5H2/t9-/m1/s1. The fourth-order valence-electron chi connectivity index (χ4n) is 1.54. The van der Waals surface area contributed by atoms with Gasteiger partial charge in [-0.1, -0.05) is 10.3 Å². The minimum atomic E-state index is -0.666. The second kappa shape index (κ2) is 4.80. The minimum Gasteiger partial charge on any atom is -0.392 e. The normalized spacial score (nSPS) is 18.2. The van der Waals surface area contributed by atoms with E-state index < -0.39 is 11.6 Å². The van der Waals surface area contributed by atoms with Crippen LogP contribution in [0.5, 0.6) is 0 Å². The van der Waals surface area contributed by atoms with E-state index in [9.17, 15) is 8.78 Å². The summed E-state index contributed by atoms with van der Waals surface area (Å²) >= 11 is 0. The van der Waals surface area contributed by atoms with Crippen molar-refractivity contribution in [2.75, 3.05) is 6.54 Å². The molecule has 0 saturated carbocycles. The molecule has 5 nitrogen and oxygen atoms in total. The number of nitrogens with zero attached hydrogens (tertiary/aromatic N) is 4. The first-order valence-electron chi connectivity index (χ1n) is 4.89. The Balaban J connectivity index is 2.12. The van der Waals surface area contributed by atoms with Gasteiger partial charge in [0.15, 0.2) is 0 Å². The second-order valence-corrected chi connectivity index (χ2v) is 3.54. The first-order chi connectivity index (χ1) is 8.19. The van der Waals surface area contributed by atoms with Crippen LogP contribution in [0.3, 0.4) is 0 Å². The lowest BCUT2D eigenvalue weighted by atomic mass is 10.0. The fraction of sp³-hybridized carbons (Fsp3) is 0.300. The molecule has 1 aromatic carbocycles. The third-order valence-corrected chi connectivity index (χ3v) is 2.28. The van der Waals surface area contributed by atoms with Gasteiger partial charge in [0.2, 0.25) is 0 Å². The Hall–Kier alpha value is -2.14. The third-order valence-electron chi connectivity index (χ3n) is 2.28. The number of rotatable bonds is 3. The number of halogens is 2. The molecule has 0 aromatic heterocycles. The maximum absolute atomic E-state index is 13.0. The summed E-state index contributed by atoms with van der Waals surface area (Å²) in [7, 11) is 0. The van der Waals surface area contributed by atoms with Crippen LogP contribution in [-0.2, 0) is 4.84 Å². The van der Waals surface area contributed by atoms with E-state index in [2.05, 4.69) is 15.2 Å². The van der Waals surface area contributed by atoms with Gasteiger partial charge in [-0.2, -0.15) is 0 Å². The van der Waals surface area contributed by atoms with E-state index >= 15 is 0 Å². The van der Waals surface area contributed by atoms with Crippen LogP contribution >= 0.6 is 0 Å². The van der Waals surface area contributed by atoms with Gasteiger partial charge in [0.05, 0.1) is 12.3 Å². The highest BCUT2D eigenvalue weighted by Crippen LogP contribution is 2.18. The van der Waals surface area contributed by atoms with E-state index in [0.717, 1.165) is 6.07 Å². The first-order valence-corrected chi connectivity index (χ1v) is 4.89. The van der Waals surface area contributed by atoms with Gasteiger partial charge in [-0.25, -0.2) is 8.78 Å². The van der Waals surface area contributed by atoms with Crippen molar-refractivity contribution in [3.05, 3.63) is 45.8 Å². The summed E-state index contributed by atoms with van der Waals surface area (Å²) in [5.74, 6) is -1.33. The zero-order valence-corrected chi connectivity index (χ0v) is 8.68. The molecule has 1 atom stereocenters. The van der Waals surface area contributed by atoms with Gasteiger partial charge < -0.3 is 4.84 Å². The second-order valence-electron chi connectivity index (χ2n) is 3.54. The minimum absolute atomic E-state index is 0.140. The quantitative estimate of drug-likeness (QED) is 0.453. The molecule has 0 radical (unpaired) electrons. The molecule has 1 aliphatic rings. The lowest BCUT2D eigenvalue weighted by Crippen LogP contribution is -2.11. The summed E-state index contributed by atoms with van der Waals surface area (Å²) in [5, 5.41) is 7.07. The third kappa shape index (κ3) is 2.70. The Morgan fingerprint density at radius 1 is 1.41 bits per heavy atom. The molecule has 0 bridgehead atoms. The van der Waals surface area contributed by atoms with Crippen LogP contribution in [0.15, 0.2) is 28.5 Å². The summed E-state index contributed by atoms with van der Waals surface area (Å²) in [6.07, 6.45) is -0.00530. The number of azide groups is 1. The van der Waals surface area contributed by atoms with Crippen molar-refractivity contribution in [3.63, 3.8) is 0 Å². The Morgan fingerprint density at radius 2 is 2.12 bits per heavy atom.